The van der Waals surface area contributed by atoms with Gasteiger partial charge in [-0.3, -0.25) is 9.69 Å². The summed E-state index contributed by atoms with van der Waals surface area (Å²) < 4.78 is 3.89. The van der Waals surface area contributed by atoms with E-state index in [2.05, 4.69) is 28.3 Å². The first-order valence-electron chi connectivity index (χ1n) is 6.48. The van der Waals surface area contributed by atoms with Gasteiger partial charge in [0.15, 0.2) is 0 Å². The smallest absolute Gasteiger partial charge is 0.267 e. The Bertz CT molecular complexity index is 410. The highest BCUT2D eigenvalue weighted by molar-refractivity contribution is 7.08. The molecule has 1 amide bonds. The SMILES string of the molecule is CCc1nnsc1C(=O)N1CCN(C(C)C)CC1. The Morgan fingerprint density at radius 2 is 2.00 bits per heavy atom. The molecule has 1 aromatic heterocycles. The lowest BCUT2D eigenvalue weighted by Gasteiger charge is -2.36. The van der Waals surface area contributed by atoms with Crippen LogP contribution < -0.4 is 0 Å². The van der Waals surface area contributed by atoms with Gasteiger partial charge in [-0.1, -0.05) is 11.4 Å². The van der Waals surface area contributed by atoms with E-state index in [-0.39, 0.29) is 5.91 Å². The van der Waals surface area contributed by atoms with Crippen LogP contribution in [0.2, 0.25) is 0 Å². The lowest BCUT2D eigenvalue weighted by molar-refractivity contribution is 0.0599. The number of carbonyl (C=O) groups is 1. The van der Waals surface area contributed by atoms with E-state index < -0.39 is 0 Å². The van der Waals surface area contributed by atoms with Gasteiger partial charge in [0.2, 0.25) is 0 Å². The van der Waals surface area contributed by atoms with E-state index in [1.165, 1.54) is 11.5 Å². The van der Waals surface area contributed by atoms with Gasteiger partial charge in [0.05, 0.1) is 5.69 Å². The highest BCUT2D eigenvalue weighted by Crippen LogP contribution is 2.16. The molecule has 0 aliphatic carbocycles. The van der Waals surface area contributed by atoms with Gasteiger partial charge < -0.3 is 4.90 Å². The second-order valence-electron chi connectivity index (χ2n) is 4.82. The molecule has 1 aromatic rings. The molecule has 1 fully saturated rings. The molecule has 5 nitrogen and oxygen atoms in total. The summed E-state index contributed by atoms with van der Waals surface area (Å²) in [5.41, 5.74) is 0.830. The van der Waals surface area contributed by atoms with E-state index in [9.17, 15) is 4.79 Å². The third kappa shape index (κ3) is 2.70. The van der Waals surface area contributed by atoms with Crippen LogP contribution in [0.15, 0.2) is 0 Å². The Balaban J connectivity index is 2.00. The monoisotopic (exact) mass is 268 g/mol. The summed E-state index contributed by atoms with van der Waals surface area (Å²) in [5, 5.41) is 4.00. The summed E-state index contributed by atoms with van der Waals surface area (Å²) in [6, 6.07) is 0.554. The van der Waals surface area contributed by atoms with Crippen LogP contribution in [0.5, 0.6) is 0 Å². The number of piperazine rings is 1. The summed E-state index contributed by atoms with van der Waals surface area (Å²) in [7, 11) is 0. The van der Waals surface area contributed by atoms with Crippen LogP contribution in [0.4, 0.5) is 0 Å². The van der Waals surface area contributed by atoms with E-state index in [0.717, 1.165) is 43.2 Å². The van der Waals surface area contributed by atoms with Crippen molar-refractivity contribution in [3.8, 4) is 0 Å². The van der Waals surface area contributed by atoms with Crippen LogP contribution in [-0.2, 0) is 6.42 Å². The maximum atomic E-state index is 12.4. The normalized spacial score (nSPS) is 17.4. The number of aromatic nitrogens is 2. The maximum absolute atomic E-state index is 12.4. The molecule has 6 heteroatoms. The second-order valence-corrected chi connectivity index (χ2v) is 5.58. The molecule has 0 aromatic carbocycles. The molecule has 100 valence electrons. The fourth-order valence-corrected chi connectivity index (χ4v) is 2.91. The lowest BCUT2D eigenvalue weighted by atomic mass is 10.2. The van der Waals surface area contributed by atoms with Crippen molar-refractivity contribution in [2.24, 2.45) is 0 Å². The first-order valence-corrected chi connectivity index (χ1v) is 7.25. The molecule has 2 rings (SSSR count). The number of amides is 1. The minimum Gasteiger partial charge on any atom is -0.335 e. The minimum absolute atomic E-state index is 0.102. The maximum Gasteiger partial charge on any atom is 0.267 e. The first-order chi connectivity index (χ1) is 8.63. The number of hydrogen-bond donors (Lipinski definition) is 0. The fraction of sp³-hybridized carbons (Fsp3) is 0.750. The number of aryl methyl sites for hydroxylation is 1. The summed E-state index contributed by atoms with van der Waals surface area (Å²) in [6.07, 6.45) is 0.767. The molecular weight excluding hydrogens is 248 g/mol. The van der Waals surface area contributed by atoms with Crippen LogP contribution in [0.3, 0.4) is 0 Å². The zero-order valence-electron chi connectivity index (χ0n) is 11.2. The Hall–Kier alpha value is -1.01. The van der Waals surface area contributed by atoms with Gasteiger partial charge in [0, 0.05) is 32.2 Å². The molecule has 2 heterocycles. The van der Waals surface area contributed by atoms with Crippen LogP contribution in [0.1, 0.15) is 36.1 Å². The van der Waals surface area contributed by atoms with E-state index in [0.29, 0.717) is 6.04 Å². The number of nitrogens with zero attached hydrogens (tertiary/aromatic N) is 4. The highest BCUT2D eigenvalue weighted by atomic mass is 32.1. The molecule has 0 spiro atoms. The molecule has 0 N–H and O–H groups in total. The van der Waals surface area contributed by atoms with Gasteiger partial charge in [0.25, 0.3) is 5.91 Å². The molecule has 0 bridgehead atoms. The minimum atomic E-state index is 0.102. The molecule has 1 aliphatic rings. The van der Waals surface area contributed by atoms with E-state index in [1.807, 2.05) is 11.8 Å². The number of rotatable bonds is 3. The van der Waals surface area contributed by atoms with Crippen molar-refractivity contribution in [2.75, 3.05) is 26.2 Å². The predicted octanol–water partition coefficient (Wildman–Crippen LogP) is 1.27. The average molecular weight is 268 g/mol. The van der Waals surface area contributed by atoms with Crippen molar-refractivity contribution < 1.29 is 4.79 Å². The summed E-state index contributed by atoms with van der Waals surface area (Å²) in [5.74, 6) is 0.102. The van der Waals surface area contributed by atoms with Crippen LogP contribution in [-0.4, -0.2) is 57.5 Å². The van der Waals surface area contributed by atoms with Crippen LogP contribution in [0, 0.1) is 0 Å². The van der Waals surface area contributed by atoms with Gasteiger partial charge in [-0.15, -0.1) is 5.10 Å². The largest absolute Gasteiger partial charge is 0.335 e. The van der Waals surface area contributed by atoms with Gasteiger partial charge in [0.1, 0.15) is 4.88 Å². The Kier molecular flexibility index (Phi) is 4.29. The Morgan fingerprint density at radius 3 is 2.56 bits per heavy atom. The zero-order valence-corrected chi connectivity index (χ0v) is 12.0. The van der Waals surface area contributed by atoms with Crippen molar-refractivity contribution in [1.82, 2.24) is 19.4 Å². The average Bonchev–Trinajstić information content (AvgIpc) is 2.86. The quantitative estimate of drug-likeness (QED) is 0.828. The van der Waals surface area contributed by atoms with Crippen molar-refractivity contribution >= 4 is 17.4 Å². The number of hydrogen-bond acceptors (Lipinski definition) is 5. The van der Waals surface area contributed by atoms with Crippen molar-refractivity contribution in [1.29, 1.82) is 0 Å². The van der Waals surface area contributed by atoms with E-state index >= 15 is 0 Å². The molecule has 0 radical (unpaired) electrons. The van der Waals surface area contributed by atoms with Gasteiger partial charge >= 0.3 is 0 Å². The van der Waals surface area contributed by atoms with Crippen LogP contribution >= 0.6 is 11.5 Å². The molecule has 0 unspecified atom stereocenters. The lowest BCUT2D eigenvalue weighted by Crippen LogP contribution is -2.50. The first kappa shape index (κ1) is 13.4. The molecule has 1 saturated heterocycles. The summed E-state index contributed by atoms with van der Waals surface area (Å²) in [6.45, 7) is 9.91. The summed E-state index contributed by atoms with van der Waals surface area (Å²) >= 11 is 1.22. The van der Waals surface area contributed by atoms with Crippen molar-refractivity contribution in [3.63, 3.8) is 0 Å². The number of carbonyl (C=O) groups excluding carboxylic acids is 1. The molecule has 1 aliphatic heterocycles. The van der Waals surface area contributed by atoms with Gasteiger partial charge in [-0.2, -0.15) is 0 Å². The fourth-order valence-electron chi connectivity index (χ4n) is 2.19. The zero-order chi connectivity index (χ0) is 13.1. The standard InChI is InChI=1S/C12H20N4OS/c1-4-10-11(18-14-13-10)12(17)16-7-5-15(6-8-16)9(2)3/h9H,4-8H2,1-3H3. The second kappa shape index (κ2) is 5.75. The van der Waals surface area contributed by atoms with Crippen molar-refractivity contribution in [3.05, 3.63) is 10.6 Å². The molecule has 0 saturated carbocycles. The predicted molar refractivity (Wildman–Crippen MR) is 71.9 cm³/mol. The third-order valence-electron chi connectivity index (χ3n) is 3.42. The van der Waals surface area contributed by atoms with Crippen LogP contribution in [0.25, 0.3) is 0 Å². The molecule has 0 atom stereocenters. The third-order valence-corrected chi connectivity index (χ3v) is 4.17. The highest BCUT2D eigenvalue weighted by Gasteiger charge is 2.26. The van der Waals surface area contributed by atoms with Crippen molar-refractivity contribution in [2.45, 2.75) is 33.2 Å². The van der Waals surface area contributed by atoms with Gasteiger partial charge in [-0.05, 0) is 31.8 Å². The summed E-state index contributed by atoms with van der Waals surface area (Å²) in [4.78, 5) is 17.4. The Morgan fingerprint density at radius 1 is 1.33 bits per heavy atom. The molecule has 18 heavy (non-hydrogen) atoms. The van der Waals surface area contributed by atoms with E-state index in [1.54, 1.807) is 0 Å². The Labute approximate surface area is 112 Å². The van der Waals surface area contributed by atoms with E-state index in [4.69, 9.17) is 0 Å². The van der Waals surface area contributed by atoms with Gasteiger partial charge in [-0.25, -0.2) is 0 Å². The topological polar surface area (TPSA) is 49.3 Å². The molecular formula is C12H20N4OS.